The summed E-state index contributed by atoms with van der Waals surface area (Å²) >= 11 is 0. The molecular formula is HO2PTa. The monoisotopic (exact) mass is 245 g/mol. The van der Waals surface area contributed by atoms with E-state index in [9.17, 15) is 0 Å². The van der Waals surface area contributed by atoms with Crippen LogP contribution in [0.25, 0.3) is 0 Å². The topological polar surface area (TPSA) is 37.3 Å². The first kappa shape index (κ1) is 8.84. The van der Waals surface area contributed by atoms with Gasteiger partial charge >= 0.3 is 8.69 Å². The van der Waals surface area contributed by atoms with Crippen molar-refractivity contribution in [3.8, 4) is 0 Å². The summed E-state index contributed by atoms with van der Waals surface area (Å²) in [7, 11) is -0.833. The Morgan fingerprint density at radius 1 is 1.75 bits per heavy atom. The van der Waals surface area contributed by atoms with Crippen LogP contribution in [0.15, 0.2) is 0 Å². The Labute approximate surface area is 41.0 Å². The molecule has 0 atom stereocenters. The molecule has 0 heterocycles. The van der Waals surface area contributed by atoms with Gasteiger partial charge in [-0.1, -0.05) is 0 Å². The van der Waals surface area contributed by atoms with Gasteiger partial charge in [-0.15, -0.1) is 0 Å². The van der Waals surface area contributed by atoms with Crippen molar-refractivity contribution >= 4 is 8.69 Å². The molecule has 4 heavy (non-hydrogen) atoms. The van der Waals surface area contributed by atoms with Gasteiger partial charge in [-0.05, 0) is 0 Å². The van der Waals surface area contributed by atoms with Gasteiger partial charge in [0.1, 0.15) is 0 Å². The van der Waals surface area contributed by atoms with E-state index in [1.54, 1.807) is 0 Å². The molecule has 0 aliphatic carbocycles. The zero-order valence-corrected chi connectivity index (χ0v) is 5.86. The molecule has 0 aromatic carbocycles. The minimum Gasteiger partial charge on any atom is -0.310 e. The molecule has 2 nitrogen and oxygen atoms in total. The first-order valence-corrected chi connectivity index (χ1v) is 1.15. The van der Waals surface area contributed by atoms with Gasteiger partial charge in [-0.2, -0.15) is 0 Å². The van der Waals surface area contributed by atoms with E-state index in [-0.39, 0.29) is 22.4 Å². The van der Waals surface area contributed by atoms with Gasteiger partial charge in [0, 0.05) is 22.4 Å². The molecule has 0 spiro atoms. The minimum absolute atomic E-state index is 0. The molecule has 0 rings (SSSR count). The maximum Gasteiger partial charge on any atom is 0.324 e. The normalized spacial score (nSPS) is 5.25. The Bertz CT molecular complexity index is 13.5. The van der Waals surface area contributed by atoms with E-state index < -0.39 is 8.69 Å². The number of hydrogen-bond donors (Lipinski definition) is 1. The fraction of sp³-hybridized carbons (Fsp3) is 0. The Morgan fingerprint density at radius 3 is 1.75 bits per heavy atom. The third kappa shape index (κ3) is 14.2. The molecule has 0 aromatic heterocycles. The SMILES string of the molecule is O=PO.[Ta]. The summed E-state index contributed by atoms with van der Waals surface area (Å²) in [6.45, 7) is 0. The zero-order chi connectivity index (χ0) is 2.71. The van der Waals surface area contributed by atoms with Gasteiger partial charge in [0.05, 0.1) is 0 Å². The van der Waals surface area contributed by atoms with Crippen LogP contribution in [-0.4, -0.2) is 4.89 Å². The largest absolute Gasteiger partial charge is 0.324 e. The van der Waals surface area contributed by atoms with Crippen LogP contribution in [0.4, 0.5) is 0 Å². The van der Waals surface area contributed by atoms with Crippen molar-refractivity contribution in [3.63, 3.8) is 0 Å². The third-order valence-corrected chi connectivity index (χ3v) is 0. The average molecular weight is 245 g/mol. The van der Waals surface area contributed by atoms with Crippen molar-refractivity contribution in [1.82, 2.24) is 0 Å². The van der Waals surface area contributed by atoms with E-state index in [1.165, 1.54) is 0 Å². The maximum absolute atomic E-state index is 8.46. The van der Waals surface area contributed by atoms with Gasteiger partial charge in [-0.3, -0.25) is 0 Å². The van der Waals surface area contributed by atoms with Crippen LogP contribution in [-0.2, 0) is 26.9 Å². The minimum atomic E-state index is -0.833. The molecule has 0 fully saturated rings. The van der Waals surface area contributed by atoms with E-state index in [0.29, 0.717) is 0 Å². The van der Waals surface area contributed by atoms with Crippen molar-refractivity contribution in [2.75, 3.05) is 0 Å². The first-order chi connectivity index (χ1) is 1.41. The van der Waals surface area contributed by atoms with Crippen LogP contribution in [0, 0.1) is 0 Å². The summed E-state index contributed by atoms with van der Waals surface area (Å²) in [4.78, 5) is 6.99. The first-order valence-electron chi connectivity index (χ1n) is 0.383. The molecule has 4 heteroatoms. The van der Waals surface area contributed by atoms with Gasteiger partial charge in [-0.25, -0.2) is 4.57 Å². The van der Waals surface area contributed by atoms with Crippen LogP contribution < -0.4 is 0 Å². The summed E-state index contributed by atoms with van der Waals surface area (Å²) in [5.74, 6) is 0. The van der Waals surface area contributed by atoms with E-state index in [2.05, 4.69) is 0 Å². The van der Waals surface area contributed by atoms with Crippen molar-refractivity contribution < 1.29 is 31.8 Å². The van der Waals surface area contributed by atoms with E-state index in [1.807, 2.05) is 0 Å². The van der Waals surface area contributed by atoms with E-state index >= 15 is 0 Å². The fourth-order valence-electron chi connectivity index (χ4n) is 0. The van der Waals surface area contributed by atoms with Crippen molar-refractivity contribution in [1.29, 1.82) is 0 Å². The molecular weight excluding hydrogens is 244 g/mol. The number of hydrogen-bond acceptors (Lipinski definition) is 1. The van der Waals surface area contributed by atoms with Crippen LogP contribution in [0.1, 0.15) is 0 Å². The average Bonchev–Trinajstić information content (AvgIpc) is 0.918. The van der Waals surface area contributed by atoms with Gasteiger partial charge in [0.25, 0.3) is 0 Å². The number of rotatable bonds is 0. The molecule has 0 aromatic rings. The summed E-state index contributed by atoms with van der Waals surface area (Å²) in [6, 6.07) is 0. The molecule has 0 saturated heterocycles. The molecule has 0 saturated carbocycles. The molecule has 1 N–H and O–H groups in total. The molecule has 0 unspecified atom stereocenters. The van der Waals surface area contributed by atoms with Gasteiger partial charge in [0.15, 0.2) is 0 Å². The van der Waals surface area contributed by atoms with Gasteiger partial charge in [0.2, 0.25) is 0 Å². The molecule has 23 valence electrons. The molecule has 0 aliphatic rings. The van der Waals surface area contributed by atoms with E-state index in [0.717, 1.165) is 0 Å². The fourth-order valence-corrected chi connectivity index (χ4v) is 0. The second-order valence-corrected chi connectivity index (χ2v) is 0.245. The summed E-state index contributed by atoms with van der Waals surface area (Å²) < 4.78 is 8.46. The summed E-state index contributed by atoms with van der Waals surface area (Å²) in [5, 5.41) is 0. The van der Waals surface area contributed by atoms with Crippen LogP contribution >= 0.6 is 8.69 Å². The van der Waals surface area contributed by atoms with E-state index in [4.69, 9.17) is 9.46 Å². The van der Waals surface area contributed by atoms with Crippen molar-refractivity contribution in [3.05, 3.63) is 0 Å². The quantitative estimate of drug-likeness (QED) is 0.618. The molecule has 0 bridgehead atoms. The van der Waals surface area contributed by atoms with Crippen LogP contribution in [0.3, 0.4) is 0 Å². The van der Waals surface area contributed by atoms with Crippen molar-refractivity contribution in [2.24, 2.45) is 0 Å². The molecule has 1 radical (unpaired) electrons. The third-order valence-electron chi connectivity index (χ3n) is 0. The summed E-state index contributed by atoms with van der Waals surface area (Å²) in [5.41, 5.74) is 0. The Kier molecular flexibility index (Phi) is 20.3. The van der Waals surface area contributed by atoms with Crippen LogP contribution in [0.2, 0.25) is 0 Å². The standard InChI is InChI=1S/HO2P.Ta/c1-3-2;/h(H,1,2);. The predicted octanol–water partition coefficient (Wildman–Crippen LogP) is 0.183. The maximum atomic E-state index is 8.46. The Balaban J connectivity index is 0. The second-order valence-electron chi connectivity index (χ2n) is 0.0816. The smallest absolute Gasteiger partial charge is 0.310 e. The van der Waals surface area contributed by atoms with Crippen molar-refractivity contribution in [2.45, 2.75) is 0 Å². The Morgan fingerprint density at radius 2 is 1.75 bits per heavy atom. The Hall–Kier alpha value is 0.800. The van der Waals surface area contributed by atoms with Crippen LogP contribution in [0.5, 0.6) is 0 Å². The van der Waals surface area contributed by atoms with Gasteiger partial charge < -0.3 is 4.89 Å². The second kappa shape index (κ2) is 9.19. The molecule has 0 aliphatic heterocycles. The zero-order valence-electron chi connectivity index (χ0n) is 1.75. The predicted molar refractivity (Wildman–Crippen MR) is 9.83 cm³/mol. The summed E-state index contributed by atoms with van der Waals surface area (Å²) in [6.07, 6.45) is 0. The molecule has 0 amide bonds.